The Kier molecular flexibility index (Phi) is 4.37. The van der Waals surface area contributed by atoms with Crippen molar-refractivity contribution in [2.24, 2.45) is 0 Å². The summed E-state index contributed by atoms with van der Waals surface area (Å²) < 4.78 is 4.36. The number of nitrogens with one attached hydrogen (secondary N) is 1. The van der Waals surface area contributed by atoms with Gasteiger partial charge in [0.25, 0.3) is 5.56 Å². The van der Waals surface area contributed by atoms with Gasteiger partial charge in [0.2, 0.25) is 5.13 Å². The average Bonchev–Trinajstić information content (AvgIpc) is 2.83. The van der Waals surface area contributed by atoms with Crippen molar-refractivity contribution in [3.05, 3.63) is 28.1 Å². The number of aromatic amines is 1. The number of aromatic nitrogens is 4. The molecule has 2 aromatic rings. The predicted octanol–water partition coefficient (Wildman–Crippen LogP) is 1.21. The van der Waals surface area contributed by atoms with E-state index in [9.17, 15) is 4.79 Å². The first-order chi connectivity index (χ1) is 10.7. The number of H-pyrrole nitrogens is 1. The molecule has 3 rings (SSSR count). The fourth-order valence-electron chi connectivity index (χ4n) is 2.58. The van der Waals surface area contributed by atoms with Crippen molar-refractivity contribution in [1.82, 2.24) is 19.3 Å². The lowest BCUT2D eigenvalue weighted by Crippen LogP contribution is -2.32. The largest absolute Gasteiger partial charge is 0.355 e. The normalized spacial score (nSPS) is 15.9. The summed E-state index contributed by atoms with van der Waals surface area (Å²) in [5.74, 6) is 2.32. The molecule has 0 radical (unpaired) electrons. The third-order valence-corrected chi connectivity index (χ3v) is 4.53. The van der Waals surface area contributed by atoms with Crippen molar-refractivity contribution in [3.63, 3.8) is 0 Å². The van der Waals surface area contributed by atoms with E-state index in [1.807, 2.05) is 6.92 Å². The Morgan fingerprint density at radius 1 is 1.23 bits per heavy atom. The molecule has 7 nitrogen and oxygen atoms in total. The fourth-order valence-corrected chi connectivity index (χ4v) is 3.38. The molecule has 118 valence electrons. The SMILES string of the molecule is CCc1nsc(N2CCCN(c3cc(=O)[nH]c(C)n3)CC2)n1. The number of nitrogens with zero attached hydrogens (tertiary/aromatic N) is 5. The highest BCUT2D eigenvalue weighted by molar-refractivity contribution is 7.09. The quantitative estimate of drug-likeness (QED) is 0.916. The van der Waals surface area contributed by atoms with E-state index in [2.05, 4.69) is 36.0 Å². The smallest absolute Gasteiger partial charge is 0.252 e. The molecule has 1 fully saturated rings. The van der Waals surface area contributed by atoms with Gasteiger partial charge in [0.1, 0.15) is 17.5 Å². The van der Waals surface area contributed by atoms with Gasteiger partial charge in [-0.2, -0.15) is 4.37 Å². The van der Waals surface area contributed by atoms with Crippen LogP contribution in [0.1, 0.15) is 25.0 Å². The third-order valence-electron chi connectivity index (χ3n) is 3.71. The Balaban J connectivity index is 1.73. The number of aryl methyl sites for hydroxylation is 2. The maximum absolute atomic E-state index is 11.6. The number of rotatable bonds is 3. The first-order valence-corrected chi connectivity index (χ1v) is 8.33. The highest BCUT2D eigenvalue weighted by Gasteiger charge is 2.19. The molecule has 1 N–H and O–H groups in total. The first-order valence-electron chi connectivity index (χ1n) is 7.56. The van der Waals surface area contributed by atoms with E-state index >= 15 is 0 Å². The Morgan fingerprint density at radius 3 is 2.73 bits per heavy atom. The zero-order valence-electron chi connectivity index (χ0n) is 12.9. The first kappa shape index (κ1) is 15.0. The molecule has 22 heavy (non-hydrogen) atoms. The minimum Gasteiger partial charge on any atom is -0.355 e. The fraction of sp³-hybridized carbons (Fsp3) is 0.571. The third kappa shape index (κ3) is 3.27. The van der Waals surface area contributed by atoms with Crippen LogP contribution in [0, 0.1) is 6.92 Å². The van der Waals surface area contributed by atoms with Gasteiger partial charge in [0.05, 0.1) is 0 Å². The monoisotopic (exact) mass is 320 g/mol. The summed E-state index contributed by atoms with van der Waals surface area (Å²) in [5.41, 5.74) is -0.0969. The zero-order valence-corrected chi connectivity index (χ0v) is 13.7. The summed E-state index contributed by atoms with van der Waals surface area (Å²) in [6.07, 6.45) is 1.88. The maximum Gasteiger partial charge on any atom is 0.252 e. The zero-order chi connectivity index (χ0) is 15.5. The van der Waals surface area contributed by atoms with Crippen molar-refractivity contribution >= 4 is 22.5 Å². The van der Waals surface area contributed by atoms with E-state index in [-0.39, 0.29) is 5.56 Å². The van der Waals surface area contributed by atoms with E-state index < -0.39 is 0 Å². The molecular weight excluding hydrogens is 300 g/mol. The number of hydrogen-bond donors (Lipinski definition) is 1. The maximum atomic E-state index is 11.6. The molecular formula is C14H20N6OS. The molecule has 0 spiro atoms. The lowest BCUT2D eigenvalue weighted by atomic mass is 10.4. The Morgan fingerprint density at radius 2 is 2.00 bits per heavy atom. The molecule has 0 bridgehead atoms. The minimum atomic E-state index is -0.0969. The molecule has 8 heteroatoms. The second kappa shape index (κ2) is 6.43. The summed E-state index contributed by atoms with van der Waals surface area (Å²) in [6, 6.07) is 1.57. The summed E-state index contributed by atoms with van der Waals surface area (Å²) in [5, 5.41) is 0.994. The molecule has 0 unspecified atom stereocenters. The second-order valence-electron chi connectivity index (χ2n) is 5.36. The van der Waals surface area contributed by atoms with Crippen molar-refractivity contribution in [2.75, 3.05) is 36.0 Å². The molecule has 0 aliphatic carbocycles. The van der Waals surface area contributed by atoms with Crippen molar-refractivity contribution in [3.8, 4) is 0 Å². The summed E-state index contributed by atoms with van der Waals surface area (Å²) >= 11 is 1.47. The van der Waals surface area contributed by atoms with Crippen LogP contribution in [0.2, 0.25) is 0 Å². The van der Waals surface area contributed by atoms with Crippen LogP contribution in [-0.2, 0) is 6.42 Å². The van der Waals surface area contributed by atoms with Gasteiger partial charge in [-0.25, -0.2) is 9.97 Å². The van der Waals surface area contributed by atoms with Crippen LogP contribution in [0.15, 0.2) is 10.9 Å². The van der Waals surface area contributed by atoms with Crippen LogP contribution >= 0.6 is 11.5 Å². The standard InChI is InChI=1S/C14H20N6OS/c1-3-11-17-14(22-18-11)20-6-4-5-19(7-8-20)12-9-13(21)16-10(2)15-12/h9H,3-8H2,1-2H3,(H,15,16,21). The lowest BCUT2D eigenvalue weighted by Gasteiger charge is -2.22. The minimum absolute atomic E-state index is 0.0969. The van der Waals surface area contributed by atoms with Gasteiger partial charge < -0.3 is 14.8 Å². The molecule has 0 aromatic carbocycles. The van der Waals surface area contributed by atoms with Gasteiger partial charge in [-0.1, -0.05) is 6.92 Å². The van der Waals surface area contributed by atoms with Crippen molar-refractivity contribution < 1.29 is 0 Å². The van der Waals surface area contributed by atoms with Crippen molar-refractivity contribution in [1.29, 1.82) is 0 Å². The van der Waals surface area contributed by atoms with Gasteiger partial charge in [-0.05, 0) is 13.3 Å². The Hall–Kier alpha value is -1.96. The van der Waals surface area contributed by atoms with Crippen LogP contribution in [0.5, 0.6) is 0 Å². The Bertz CT molecular complexity index is 697. The number of anilines is 2. The molecule has 1 aliphatic heterocycles. The van der Waals surface area contributed by atoms with E-state index in [1.54, 1.807) is 6.07 Å². The molecule has 1 aliphatic rings. The second-order valence-corrected chi connectivity index (χ2v) is 6.09. The molecule has 0 atom stereocenters. The van der Waals surface area contributed by atoms with Crippen molar-refractivity contribution in [2.45, 2.75) is 26.7 Å². The highest BCUT2D eigenvalue weighted by Crippen LogP contribution is 2.20. The summed E-state index contributed by atoms with van der Waals surface area (Å²) in [4.78, 5) is 27.8. The number of hydrogen-bond acceptors (Lipinski definition) is 7. The molecule has 0 saturated carbocycles. The van der Waals surface area contributed by atoms with Gasteiger partial charge in [0.15, 0.2) is 0 Å². The Labute approximate surface area is 133 Å². The van der Waals surface area contributed by atoms with Gasteiger partial charge in [0, 0.05) is 50.2 Å². The van der Waals surface area contributed by atoms with E-state index in [0.29, 0.717) is 5.82 Å². The van der Waals surface area contributed by atoms with Crippen LogP contribution in [0.3, 0.4) is 0 Å². The van der Waals surface area contributed by atoms with Gasteiger partial charge in [-0.3, -0.25) is 4.79 Å². The van der Waals surface area contributed by atoms with Crippen LogP contribution in [-0.4, -0.2) is 45.5 Å². The lowest BCUT2D eigenvalue weighted by molar-refractivity contribution is 0.789. The van der Waals surface area contributed by atoms with E-state index in [1.165, 1.54) is 11.5 Å². The predicted molar refractivity (Wildman–Crippen MR) is 87.9 cm³/mol. The van der Waals surface area contributed by atoms with Gasteiger partial charge in [-0.15, -0.1) is 0 Å². The van der Waals surface area contributed by atoms with Crippen LogP contribution in [0.25, 0.3) is 0 Å². The van der Waals surface area contributed by atoms with E-state index in [0.717, 1.165) is 55.8 Å². The highest BCUT2D eigenvalue weighted by atomic mass is 32.1. The molecule has 1 saturated heterocycles. The summed E-state index contributed by atoms with van der Waals surface area (Å²) in [7, 11) is 0. The van der Waals surface area contributed by atoms with Gasteiger partial charge >= 0.3 is 0 Å². The topological polar surface area (TPSA) is 78.0 Å². The summed E-state index contributed by atoms with van der Waals surface area (Å²) in [6.45, 7) is 7.42. The molecule has 3 heterocycles. The van der Waals surface area contributed by atoms with Crippen LogP contribution in [0.4, 0.5) is 10.9 Å². The average molecular weight is 320 g/mol. The van der Waals surface area contributed by atoms with E-state index in [4.69, 9.17) is 0 Å². The molecule has 0 amide bonds. The molecule has 2 aromatic heterocycles. The van der Waals surface area contributed by atoms with Crippen LogP contribution < -0.4 is 15.4 Å².